The van der Waals surface area contributed by atoms with E-state index in [0.29, 0.717) is 0 Å². The standard InChI is InChI=1S/C16H33.Bi/c1-3-5-7-9-11-13-15-16-14-12-10-8-6-4-2;/h1,3-16H2,2H3;. The molecule has 0 bridgehead atoms. The van der Waals surface area contributed by atoms with Crippen molar-refractivity contribution < 1.29 is 0 Å². The molecule has 1 heteroatoms. The van der Waals surface area contributed by atoms with Crippen LogP contribution in [-0.4, -0.2) is 24.7 Å². The number of hydrogen-bond donors (Lipinski definition) is 0. The van der Waals surface area contributed by atoms with Crippen molar-refractivity contribution in [3.8, 4) is 0 Å². The summed E-state index contributed by atoms with van der Waals surface area (Å²) in [5.41, 5.74) is 0. The Morgan fingerprint density at radius 2 is 0.765 bits per heavy atom. The van der Waals surface area contributed by atoms with Crippen LogP contribution >= 0.6 is 0 Å². The summed E-state index contributed by atoms with van der Waals surface area (Å²) in [6.07, 6.45) is 20.7. The van der Waals surface area contributed by atoms with Crippen molar-refractivity contribution in [1.82, 2.24) is 0 Å². The third-order valence-corrected chi connectivity index (χ3v) is 4.74. The Morgan fingerprint density at radius 1 is 0.471 bits per heavy atom. The third kappa shape index (κ3) is 16.9. The van der Waals surface area contributed by atoms with E-state index in [2.05, 4.69) is 6.92 Å². The maximum atomic E-state index is 2.29. The van der Waals surface area contributed by atoms with Crippen LogP contribution in [0.4, 0.5) is 0 Å². The van der Waals surface area contributed by atoms with Crippen LogP contribution in [0, 0.1) is 0 Å². The zero-order valence-electron chi connectivity index (χ0n) is 12.1. The van der Waals surface area contributed by atoms with Crippen LogP contribution in [0.5, 0.6) is 0 Å². The van der Waals surface area contributed by atoms with E-state index in [9.17, 15) is 0 Å². The van der Waals surface area contributed by atoms with Crippen LogP contribution in [0.1, 0.15) is 96.8 Å². The van der Waals surface area contributed by atoms with E-state index in [-0.39, 0.29) is 0 Å². The summed E-state index contributed by atoms with van der Waals surface area (Å²) in [5.74, 6) is 0. The van der Waals surface area contributed by atoms with Gasteiger partial charge in [-0.25, -0.2) is 0 Å². The Bertz CT molecular complexity index is 109. The second-order valence-electron chi connectivity index (χ2n) is 5.32. The molecule has 0 aliphatic rings. The van der Waals surface area contributed by atoms with Gasteiger partial charge >= 0.3 is 99.5 Å². The van der Waals surface area contributed by atoms with Gasteiger partial charge in [-0.15, -0.1) is 0 Å². The Kier molecular flexibility index (Phi) is 17.8. The van der Waals surface area contributed by atoms with Crippen molar-refractivity contribution >= 4 is 24.7 Å². The molecule has 0 aliphatic carbocycles. The molecule has 2 radical (unpaired) electrons. The zero-order valence-corrected chi connectivity index (χ0v) is 15.5. The predicted molar refractivity (Wildman–Crippen MR) is 80.9 cm³/mol. The van der Waals surface area contributed by atoms with E-state index in [1.807, 2.05) is 0 Å². The van der Waals surface area contributed by atoms with Gasteiger partial charge in [-0.05, 0) is 0 Å². The number of hydrogen-bond acceptors (Lipinski definition) is 0. The molecule has 0 nitrogen and oxygen atoms in total. The summed E-state index contributed by atoms with van der Waals surface area (Å²) in [5, 5.41) is 0. The van der Waals surface area contributed by atoms with Crippen LogP contribution in [0.25, 0.3) is 0 Å². The van der Waals surface area contributed by atoms with Crippen LogP contribution < -0.4 is 0 Å². The molecular weight excluding hydrogens is 401 g/mol. The summed E-state index contributed by atoms with van der Waals surface area (Å²) in [6.45, 7) is 2.29. The van der Waals surface area contributed by atoms with Crippen LogP contribution in [0.3, 0.4) is 0 Å². The normalized spacial score (nSPS) is 10.9. The summed E-state index contributed by atoms with van der Waals surface area (Å²) in [6, 6.07) is 0. The molecule has 0 rings (SSSR count). The van der Waals surface area contributed by atoms with Crippen molar-refractivity contribution in [2.24, 2.45) is 0 Å². The average molecular weight is 434 g/mol. The topological polar surface area (TPSA) is 0 Å². The monoisotopic (exact) mass is 434 g/mol. The van der Waals surface area contributed by atoms with Gasteiger partial charge in [0.25, 0.3) is 0 Å². The molecule has 0 atom stereocenters. The minimum atomic E-state index is 1.37. The van der Waals surface area contributed by atoms with Crippen molar-refractivity contribution in [1.29, 1.82) is 0 Å². The van der Waals surface area contributed by atoms with Gasteiger partial charge in [0, 0.05) is 0 Å². The van der Waals surface area contributed by atoms with E-state index in [1.54, 1.807) is 24.7 Å². The van der Waals surface area contributed by atoms with Crippen molar-refractivity contribution in [3.05, 3.63) is 0 Å². The van der Waals surface area contributed by atoms with Crippen molar-refractivity contribution in [2.45, 2.75) is 101 Å². The van der Waals surface area contributed by atoms with Gasteiger partial charge in [-0.1, -0.05) is 26.2 Å². The van der Waals surface area contributed by atoms with Gasteiger partial charge in [0.2, 0.25) is 0 Å². The van der Waals surface area contributed by atoms with Gasteiger partial charge in [0.1, 0.15) is 0 Å². The Hall–Kier alpha value is 0.883. The average Bonchev–Trinajstić information content (AvgIpc) is 2.35. The second kappa shape index (κ2) is 16.9. The molecule has 0 aromatic carbocycles. The fourth-order valence-electron chi connectivity index (χ4n) is 2.31. The molecule has 0 amide bonds. The van der Waals surface area contributed by atoms with E-state index in [4.69, 9.17) is 0 Å². The van der Waals surface area contributed by atoms with Gasteiger partial charge < -0.3 is 0 Å². The van der Waals surface area contributed by atoms with E-state index >= 15 is 0 Å². The SMILES string of the molecule is CCCCCCCCCCCCCCC[CH2][Bi]. The second-order valence-corrected chi connectivity index (χ2v) is 7.06. The molecular formula is C16H33Bi. The van der Waals surface area contributed by atoms with E-state index in [1.165, 1.54) is 94.0 Å². The fourth-order valence-corrected chi connectivity index (χ4v) is 3.18. The van der Waals surface area contributed by atoms with Gasteiger partial charge in [-0.2, -0.15) is 0 Å². The molecule has 0 spiro atoms. The Morgan fingerprint density at radius 3 is 1.06 bits per heavy atom. The number of unbranched alkanes of at least 4 members (excludes halogenated alkanes) is 13. The summed E-state index contributed by atoms with van der Waals surface area (Å²) in [7, 11) is 0. The van der Waals surface area contributed by atoms with Crippen molar-refractivity contribution in [3.63, 3.8) is 0 Å². The molecule has 102 valence electrons. The molecule has 0 saturated carbocycles. The van der Waals surface area contributed by atoms with E-state index < -0.39 is 0 Å². The fraction of sp³-hybridized carbons (Fsp3) is 1.00. The first-order valence-electron chi connectivity index (χ1n) is 8.02. The first kappa shape index (κ1) is 17.9. The quantitative estimate of drug-likeness (QED) is 0.231. The van der Waals surface area contributed by atoms with Gasteiger partial charge in [0.05, 0.1) is 0 Å². The van der Waals surface area contributed by atoms with Crippen molar-refractivity contribution in [2.75, 3.05) is 0 Å². The molecule has 0 unspecified atom stereocenters. The van der Waals surface area contributed by atoms with Gasteiger partial charge in [-0.3, -0.25) is 0 Å². The molecule has 0 aromatic heterocycles. The number of rotatable bonds is 14. The minimum absolute atomic E-state index is 1.37. The summed E-state index contributed by atoms with van der Waals surface area (Å²) in [4.78, 5) is 0. The zero-order chi connectivity index (χ0) is 12.6. The summed E-state index contributed by atoms with van der Waals surface area (Å²) >= 11 is 1.59. The molecule has 17 heavy (non-hydrogen) atoms. The Labute approximate surface area is 125 Å². The molecule has 0 aromatic rings. The first-order chi connectivity index (χ1) is 8.41. The van der Waals surface area contributed by atoms with Gasteiger partial charge in [0.15, 0.2) is 0 Å². The predicted octanol–water partition coefficient (Wildman–Crippen LogP) is 6.05. The third-order valence-electron chi connectivity index (χ3n) is 3.51. The molecule has 0 N–H and O–H groups in total. The Balaban J connectivity index is 2.85. The van der Waals surface area contributed by atoms with Crippen LogP contribution in [0.15, 0.2) is 0 Å². The maximum absolute atomic E-state index is 2.29. The first-order valence-corrected chi connectivity index (χ1v) is 10.5. The molecule has 0 heterocycles. The van der Waals surface area contributed by atoms with Crippen LogP contribution in [0.2, 0.25) is 4.13 Å². The summed E-state index contributed by atoms with van der Waals surface area (Å²) < 4.78 is 1.48. The van der Waals surface area contributed by atoms with E-state index in [0.717, 1.165) is 0 Å². The molecule has 0 aliphatic heterocycles. The molecule has 0 fully saturated rings. The van der Waals surface area contributed by atoms with Crippen LogP contribution in [-0.2, 0) is 0 Å². The molecule has 0 saturated heterocycles.